The van der Waals surface area contributed by atoms with Gasteiger partial charge in [-0.25, -0.2) is 8.42 Å². The average Bonchev–Trinajstić information content (AvgIpc) is 3.03. The molecule has 0 bridgehead atoms. The first kappa shape index (κ1) is 34.0. The number of hydrogen-bond acceptors (Lipinski definition) is 8. The molecule has 0 aliphatic carbocycles. The summed E-state index contributed by atoms with van der Waals surface area (Å²) >= 11 is 0. The first-order chi connectivity index (χ1) is 21.0. The molecule has 3 aromatic rings. The third-order valence-electron chi connectivity index (χ3n) is 7.03. The van der Waals surface area contributed by atoms with E-state index in [2.05, 4.69) is 5.32 Å². The topological polar surface area (TPSA) is 124 Å². The minimum absolute atomic E-state index is 0.0774. The van der Waals surface area contributed by atoms with Crippen LogP contribution in [-0.4, -0.2) is 72.7 Å². The first-order valence-electron chi connectivity index (χ1n) is 14.1. The second kappa shape index (κ2) is 15.3. The Hall–Kier alpha value is -4.45. The average molecular weight is 628 g/mol. The molecule has 0 unspecified atom stereocenters. The van der Waals surface area contributed by atoms with Gasteiger partial charge in [0.05, 0.1) is 39.0 Å². The lowest BCUT2D eigenvalue weighted by Crippen LogP contribution is -2.51. The van der Waals surface area contributed by atoms with E-state index in [4.69, 9.17) is 18.9 Å². The van der Waals surface area contributed by atoms with Gasteiger partial charge in [-0.1, -0.05) is 36.8 Å². The lowest BCUT2D eigenvalue weighted by atomic mass is 10.1. The number of nitrogens with zero attached hydrogens (tertiary/aromatic N) is 2. The Kier molecular flexibility index (Phi) is 11.9. The highest BCUT2D eigenvalue weighted by molar-refractivity contribution is 7.92. The van der Waals surface area contributed by atoms with Crippen LogP contribution in [0.2, 0.25) is 0 Å². The van der Waals surface area contributed by atoms with Crippen molar-refractivity contribution in [3.63, 3.8) is 0 Å². The number of aryl methyl sites for hydroxylation is 1. The van der Waals surface area contributed by atoms with Crippen molar-refractivity contribution < 1.29 is 37.0 Å². The minimum Gasteiger partial charge on any atom is -0.497 e. The minimum atomic E-state index is -4.42. The van der Waals surface area contributed by atoms with E-state index >= 15 is 0 Å². The molecule has 11 nitrogen and oxygen atoms in total. The second-order valence-electron chi connectivity index (χ2n) is 10.0. The fraction of sp³-hybridized carbons (Fsp3) is 0.375. The molecule has 0 aliphatic heterocycles. The highest BCUT2D eigenvalue weighted by Gasteiger charge is 2.34. The summed E-state index contributed by atoms with van der Waals surface area (Å²) in [5.41, 5.74) is 1.85. The summed E-state index contributed by atoms with van der Waals surface area (Å²) in [7, 11) is 1.27. The maximum Gasteiger partial charge on any atom is 0.265 e. The lowest BCUT2D eigenvalue weighted by Gasteiger charge is -2.32. The van der Waals surface area contributed by atoms with Crippen molar-refractivity contribution in [3.8, 4) is 23.0 Å². The Morgan fingerprint density at radius 3 is 2.16 bits per heavy atom. The predicted molar refractivity (Wildman–Crippen MR) is 168 cm³/mol. The molecule has 2 amide bonds. The molecule has 238 valence electrons. The highest BCUT2D eigenvalue weighted by atomic mass is 32.2. The van der Waals surface area contributed by atoms with Crippen LogP contribution >= 0.6 is 0 Å². The largest absolute Gasteiger partial charge is 0.497 e. The van der Waals surface area contributed by atoms with Crippen molar-refractivity contribution in [2.24, 2.45) is 0 Å². The zero-order valence-electron chi connectivity index (χ0n) is 26.2. The van der Waals surface area contributed by atoms with E-state index in [1.807, 2.05) is 38.1 Å². The fourth-order valence-corrected chi connectivity index (χ4v) is 6.03. The molecule has 0 spiro atoms. The number of carbonyl (C=O) groups excluding carboxylic acids is 2. The monoisotopic (exact) mass is 627 g/mol. The van der Waals surface area contributed by atoms with Crippen LogP contribution in [0.5, 0.6) is 23.0 Å². The molecule has 44 heavy (non-hydrogen) atoms. The normalized spacial score (nSPS) is 11.7. The predicted octanol–water partition coefficient (Wildman–Crippen LogP) is 4.17. The van der Waals surface area contributed by atoms with E-state index in [1.54, 1.807) is 19.1 Å². The fourth-order valence-electron chi connectivity index (χ4n) is 4.59. The van der Waals surface area contributed by atoms with Gasteiger partial charge in [-0.05, 0) is 50.1 Å². The number of rotatable bonds is 15. The van der Waals surface area contributed by atoms with Crippen LogP contribution in [0, 0.1) is 6.92 Å². The van der Waals surface area contributed by atoms with Crippen LogP contribution < -0.4 is 28.6 Å². The van der Waals surface area contributed by atoms with Crippen molar-refractivity contribution in [1.29, 1.82) is 0 Å². The molecule has 0 saturated carbocycles. The number of amides is 2. The van der Waals surface area contributed by atoms with Gasteiger partial charge in [-0.2, -0.15) is 0 Å². The van der Waals surface area contributed by atoms with Crippen molar-refractivity contribution in [2.45, 2.75) is 44.7 Å². The van der Waals surface area contributed by atoms with Crippen LogP contribution in [0.15, 0.2) is 65.6 Å². The van der Waals surface area contributed by atoms with Gasteiger partial charge < -0.3 is 29.2 Å². The van der Waals surface area contributed by atoms with Crippen LogP contribution in [0.1, 0.15) is 31.4 Å². The first-order valence-corrected chi connectivity index (χ1v) is 15.5. The van der Waals surface area contributed by atoms with Gasteiger partial charge >= 0.3 is 0 Å². The Morgan fingerprint density at radius 1 is 0.864 bits per heavy atom. The highest BCUT2D eigenvalue weighted by Crippen LogP contribution is 2.37. The molecule has 1 N–H and O–H groups in total. The smallest absolute Gasteiger partial charge is 0.265 e. The Morgan fingerprint density at radius 2 is 1.55 bits per heavy atom. The summed E-state index contributed by atoms with van der Waals surface area (Å²) in [5.74, 6) is 0.135. The Balaban J connectivity index is 2.16. The van der Waals surface area contributed by atoms with Gasteiger partial charge in [0.25, 0.3) is 10.0 Å². The summed E-state index contributed by atoms with van der Waals surface area (Å²) in [6.45, 7) is 5.37. The molecule has 0 radical (unpaired) electrons. The molecule has 3 rings (SSSR count). The Bertz CT molecular complexity index is 1560. The number of hydrogen-bond donors (Lipinski definition) is 1. The molecule has 12 heteroatoms. The number of nitrogens with one attached hydrogen (secondary N) is 1. The van der Waals surface area contributed by atoms with Crippen molar-refractivity contribution in [3.05, 3.63) is 71.8 Å². The van der Waals surface area contributed by atoms with E-state index in [0.717, 1.165) is 21.9 Å². The van der Waals surface area contributed by atoms with Gasteiger partial charge in [0, 0.05) is 25.2 Å². The molecule has 0 aromatic heterocycles. The molecule has 0 heterocycles. The molecular formula is C32H41N3O8S. The van der Waals surface area contributed by atoms with E-state index < -0.39 is 28.5 Å². The van der Waals surface area contributed by atoms with Crippen LogP contribution in [-0.2, 0) is 26.2 Å². The van der Waals surface area contributed by atoms with Crippen molar-refractivity contribution in [2.75, 3.05) is 45.8 Å². The third-order valence-corrected chi connectivity index (χ3v) is 8.78. The second-order valence-corrected chi connectivity index (χ2v) is 11.9. The summed E-state index contributed by atoms with van der Waals surface area (Å²) in [6.07, 6.45) is 0.720. The quantitative estimate of drug-likeness (QED) is 0.266. The third kappa shape index (κ3) is 7.93. The summed E-state index contributed by atoms with van der Waals surface area (Å²) in [6, 6.07) is 15.5. The molecule has 1 atom stereocenters. The van der Waals surface area contributed by atoms with Crippen molar-refractivity contribution >= 4 is 27.5 Å². The standard InChI is InChI=1S/C32H41N3O8S/c1-8-16-33-32(37)23(3)34(20-24-11-9-10-22(2)17-24)31(36)21-35(27-18-25(40-4)12-14-28(27)41-5)44(38,39)26-13-15-29(42-6)30(19-26)43-7/h9-15,17-19,23H,8,16,20-21H2,1-7H3,(H,33,37)/t23-/m0/s1. The molecular weight excluding hydrogens is 586 g/mol. The van der Waals surface area contributed by atoms with Crippen LogP contribution in [0.25, 0.3) is 0 Å². The molecule has 0 aliphatic rings. The van der Waals surface area contributed by atoms with Gasteiger partial charge in [0.15, 0.2) is 11.5 Å². The Labute approximate surface area is 259 Å². The number of anilines is 1. The maximum atomic E-state index is 14.4. The van der Waals surface area contributed by atoms with Crippen molar-refractivity contribution in [1.82, 2.24) is 10.2 Å². The zero-order chi connectivity index (χ0) is 32.4. The number of carbonyl (C=O) groups is 2. The van der Waals surface area contributed by atoms with Gasteiger partial charge in [0.1, 0.15) is 24.1 Å². The van der Waals surface area contributed by atoms with Gasteiger partial charge in [0.2, 0.25) is 11.8 Å². The van der Waals surface area contributed by atoms with Gasteiger partial charge in [-0.3, -0.25) is 13.9 Å². The summed E-state index contributed by atoms with van der Waals surface area (Å²) < 4.78 is 51.2. The SMILES string of the molecule is CCCNC(=O)[C@H](C)N(Cc1cccc(C)c1)C(=O)CN(c1cc(OC)ccc1OC)S(=O)(=O)c1ccc(OC)c(OC)c1. The van der Waals surface area contributed by atoms with E-state index in [9.17, 15) is 18.0 Å². The van der Waals surface area contributed by atoms with E-state index in [0.29, 0.717) is 18.0 Å². The van der Waals surface area contributed by atoms with Crippen LogP contribution in [0.4, 0.5) is 5.69 Å². The van der Waals surface area contributed by atoms with Gasteiger partial charge in [-0.15, -0.1) is 0 Å². The van der Waals surface area contributed by atoms with E-state index in [1.165, 1.54) is 57.6 Å². The zero-order valence-corrected chi connectivity index (χ0v) is 27.1. The molecule has 0 fully saturated rings. The maximum absolute atomic E-state index is 14.4. The number of methoxy groups -OCH3 is 4. The van der Waals surface area contributed by atoms with E-state index in [-0.39, 0.29) is 34.5 Å². The number of benzene rings is 3. The molecule has 0 saturated heterocycles. The lowest BCUT2D eigenvalue weighted by molar-refractivity contribution is -0.139. The summed E-state index contributed by atoms with van der Waals surface area (Å²) in [5, 5.41) is 2.84. The number of sulfonamides is 1. The number of ether oxygens (including phenoxy) is 4. The summed E-state index contributed by atoms with van der Waals surface area (Å²) in [4.78, 5) is 28.5. The molecule has 3 aromatic carbocycles. The van der Waals surface area contributed by atoms with Crippen LogP contribution in [0.3, 0.4) is 0 Å².